The van der Waals surface area contributed by atoms with E-state index in [0.717, 1.165) is 17.7 Å². The number of halogens is 6. The molecule has 0 atom stereocenters. The number of likely N-dealkylation sites (tertiary alicyclic amines) is 1. The monoisotopic (exact) mass is 306 g/mol. The minimum Gasteiger partial charge on any atom is -0.426 e. The van der Waals surface area contributed by atoms with Crippen LogP contribution in [-0.2, 0) is 4.74 Å². The van der Waals surface area contributed by atoms with Gasteiger partial charge in [-0.3, -0.25) is 0 Å². The van der Waals surface area contributed by atoms with E-state index < -0.39 is 30.1 Å². The molecule has 2 rings (SSSR count). The summed E-state index contributed by atoms with van der Waals surface area (Å²) in [6.45, 7) is 0.0511. The van der Waals surface area contributed by atoms with Crippen molar-refractivity contribution in [3.8, 4) is 0 Å². The molecule has 0 aromatic heterocycles. The minimum absolute atomic E-state index is 0.0256. The lowest BCUT2D eigenvalue weighted by atomic mass is 9.90. The predicted octanol–water partition coefficient (Wildman–Crippen LogP) is 2.04. The molecule has 2 aliphatic rings. The highest BCUT2D eigenvalue weighted by atomic mass is 19.4. The normalized spacial score (nSPS) is 22.7. The fraction of sp³-hybridized carbons (Fsp3) is 0.900. The Kier molecular flexibility index (Phi) is 3.35. The van der Waals surface area contributed by atoms with Crippen LogP contribution in [0.2, 0.25) is 0 Å². The summed E-state index contributed by atoms with van der Waals surface area (Å²) in [5, 5.41) is 0. The van der Waals surface area contributed by atoms with E-state index in [4.69, 9.17) is 5.73 Å². The largest absolute Gasteiger partial charge is 0.434 e. The molecule has 0 aromatic carbocycles. The number of carbonyl (C=O) groups is 1. The van der Waals surface area contributed by atoms with E-state index in [1.807, 2.05) is 0 Å². The van der Waals surface area contributed by atoms with Gasteiger partial charge in [-0.1, -0.05) is 0 Å². The Morgan fingerprint density at radius 1 is 1.15 bits per heavy atom. The van der Waals surface area contributed by atoms with Crippen LogP contribution < -0.4 is 5.73 Å². The first-order chi connectivity index (χ1) is 8.93. The Bertz CT molecular complexity index is 384. The van der Waals surface area contributed by atoms with Crippen LogP contribution in [0.1, 0.15) is 12.8 Å². The number of carbonyl (C=O) groups excluding carboxylic acids is 1. The van der Waals surface area contributed by atoms with E-state index in [1.54, 1.807) is 0 Å². The van der Waals surface area contributed by atoms with Crippen LogP contribution in [0.15, 0.2) is 0 Å². The summed E-state index contributed by atoms with van der Waals surface area (Å²) < 4.78 is 76.8. The van der Waals surface area contributed by atoms with Crippen LogP contribution in [0.5, 0.6) is 0 Å². The molecule has 1 heterocycles. The molecule has 2 N–H and O–H groups in total. The maximum atomic E-state index is 12.2. The maximum absolute atomic E-state index is 12.2. The second kappa shape index (κ2) is 4.40. The smallest absolute Gasteiger partial charge is 0.426 e. The predicted molar refractivity (Wildman–Crippen MR) is 53.6 cm³/mol. The highest BCUT2D eigenvalue weighted by Crippen LogP contribution is 2.44. The van der Waals surface area contributed by atoms with Gasteiger partial charge in [-0.15, -0.1) is 0 Å². The summed E-state index contributed by atoms with van der Waals surface area (Å²) >= 11 is 0. The van der Waals surface area contributed by atoms with Gasteiger partial charge in [0.15, 0.2) is 0 Å². The van der Waals surface area contributed by atoms with E-state index in [-0.39, 0.29) is 19.0 Å². The molecule has 1 saturated carbocycles. The lowest BCUT2D eigenvalue weighted by molar-refractivity contribution is -0.309. The Balaban J connectivity index is 1.90. The molecule has 1 aliphatic carbocycles. The Hall–Kier alpha value is -1.19. The third-order valence-corrected chi connectivity index (χ3v) is 3.59. The number of amides is 1. The van der Waals surface area contributed by atoms with Gasteiger partial charge in [0.1, 0.15) is 0 Å². The highest BCUT2D eigenvalue weighted by molar-refractivity contribution is 5.69. The topological polar surface area (TPSA) is 55.6 Å². The van der Waals surface area contributed by atoms with Crippen molar-refractivity contribution in [1.29, 1.82) is 0 Å². The van der Waals surface area contributed by atoms with Gasteiger partial charge in [0.2, 0.25) is 0 Å². The molecule has 20 heavy (non-hydrogen) atoms. The van der Waals surface area contributed by atoms with Gasteiger partial charge in [-0.25, -0.2) is 4.79 Å². The fourth-order valence-corrected chi connectivity index (χ4v) is 2.04. The lowest BCUT2D eigenvalue weighted by Crippen LogP contribution is -2.59. The van der Waals surface area contributed by atoms with Crippen molar-refractivity contribution in [2.75, 3.05) is 13.1 Å². The zero-order valence-corrected chi connectivity index (χ0v) is 10.1. The third-order valence-electron chi connectivity index (χ3n) is 3.59. The van der Waals surface area contributed by atoms with Gasteiger partial charge in [-0.2, -0.15) is 26.3 Å². The number of ether oxygens (including phenoxy) is 1. The van der Waals surface area contributed by atoms with Crippen molar-refractivity contribution < 1.29 is 35.9 Å². The average molecular weight is 306 g/mol. The first-order valence-corrected chi connectivity index (χ1v) is 5.81. The number of rotatable bonds is 2. The van der Waals surface area contributed by atoms with Crippen LogP contribution in [0.3, 0.4) is 0 Å². The molecule has 1 saturated heterocycles. The summed E-state index contributed by atoms with van der Waals surface area (Å²) in [5.74, 6) is -0.0923. The molecule has 0 aromatic rings. The number of nitrogens with two attached hydrogens (primary N) is 1. The lowest BCUT2D eigenvalue weighted by Gasteiger charge is -2.42. The van der Waals surface area contributed by atoms with Gasteiger partial charge in [0.25, 0.3) is 6.10 Å². The van der Waals surface area contributed by atoms with Crippen molar-refractivity contribution in [1.82, 2.24) is 4.90 Å². The van der Waals surface area contributed by atoms with Crippen molar-refractivity contribution in [2.45, 2.75) is 36.8 Å². The van der Waals surface area contributed by atoms with E-state index in [2.05, 4.69) is 4.74 Å². The molecule has 10 heteroatoms. The Labute approximate surface area is 109 Å². The summed E-state index contributed by atoms with van der Waals surface area (Å²) in [5.41, 5.74) is 5.39. The quantitative estimate of drug-likeness (QED) is 0.794. The Morgan fingerprint density at radius 2 is 1.60 bits per heavy atom. The average Bonchev–Trinajstić information content (AvgIpc) is 2.87. The molecule has 1 aliphatic heterocycles. The second-order valence-corrected chi connectivity index (χ2v) is 5.18. The molecular weight excluding hydrogens is 294 g/mol. The standard InChI is InChI=1S/C10H12F6N2O2/c11-9(12,13)6(10(14,15)16)20-7(19)18-3-5(4-18)8(17)1-2-8/h5-6H,1-4,17H2. The molecule has 0 radical (unpaired) electrons. The van der Waals surface area contributed by atoms with E-state index >= 15 is 0 Å². The second-order valence-electron chi connectivity index (χ2n) is 5.18. The maximum Gasteiger partial charge on any atom is 0.434 e. The van der Waals surface area contributed by atoms with Crippen molar-refractivity contribution in [3.05, 3.63) is 0 Å². The highest BCUT2D eigenvalue weighted by Gasteiger charge is 2.61. The van der Waals surface area contributed by atoms with Crippen molar-refractivity contribution in [3.63, 3.8) is 0 Å². The van der Waals surface area contributed by atoms with Crippen LogP contribution in [0.25, 0.3) is 0 Å². The summed E-state index contributed by atoms with van der Waals surface area (Å²) in [4.78, 5) is 12.1. The SMILES string of the molecule is NC1(C2CN(C(=O)OC(C(F)(F)F)C(F)(F)F)C2)CC1. The fourth-order valence-electron chi connectivity index (χ4n) is 2.04. The summed E-state index contributed by atoms with van der Waals surface area (Å²) in [6.07, 6.45) is -15.6. The first-order valence-electron chi connectivity index (χ1n) is 5.81. The number of hydrogen-bond donors (Lipinski definition) is 1. The van der Waals surface area contributed by atoms with Crippen molar-refractivity contribution >= 4 is 6.09 Å². The number of hydrogen-bond acceptors (Lipinski definition) is 3. The molecule has 116 valence electrons. The molecular formula is C10H12F6N2O2. The zero-order chi connectivity index (χ0) is 15.3. The van der Waals surface area contributed by atoms with E-state index in [9.17, 15) is 31.1 Å². The van der Waals surface area contributed by atoms with Gasteiger partial charge < -0.3 is 15.4 Å². The van der Waals surface area contributed by atoms with Gasteiger partial charge in [0, 0.05) is 24.5 Å². The molecule has 1 amide bonds. The van der Waals surface area contributed by atoms with Gasteiger partial charge in [-0.05, 0) is 12.8 Å². The molecule has 0 unspecified atom stereocenters. The third kappa shape index (κ3) is 2.94. The molecule has 0 bridgehead atoms. The number of nitrogens with zero attached hydrogens (tertiary/aromatic N) is 1. The van der Waals surface area contributed by atoms with Crippen LogP contribution >= 0.6 is 0 Å². The van der Waals surface area contributed by atoms with Gasteiger partial charge in [0.05, 0.1) is 0 Å². The summed E-state index contributed by atoms with van der Waals surface area (Å²) in [6, 6.07) is 0. The van der Waals surface area contributed by atoms with Crippen LogP contribution in [0, 0.1) is 5.92 Å². The first kappa shape index (κ1) is 15.2. The molecule has 4 nitrogen and oxygen atoms in total. The zero-order valence-electron chi connectivity index (χ0n) is 10.1. The van der Waals surface area contributed by atoms with Gasteiger partial charge >= 0.3 is 18.4 Å². The molecule has 0 spiro atoms. The van der Waals surface area contributed by atoms with E-state index in [0.29, 0.717) is 0 Å². The summed E-state index contributed by atoms with van der Waals surface area (Å²) in [7, 11) is 0. The van der Waals surface area contributed by atoms with E-state index in [1.165, 1.54) is 0 Å². The van der Waals surface area contributed by atoms with Crippen molar-refractivity contribution in [2.24, 2.45) is 11.7 Å². The van der Waals surface area contributed by atoms with Crippen LogP contribution in [-0.4, -0.2) is 48.1 Å². The minimum atomic E-state index is -5.69. The number of alkyl halides is 6. The Morgan fingerprint density at radius 3 is 1.95 bits per heavy atom. The molecule has 2 fully saturated rings. The van der Waals surface area contributed by atoms with Crippen LogP contribution in [0.4, 0.5) is 31.1 Å².